The zero-order valence-electron chi connectivity index (χ0n) is 14.8. The average molecular weight is 325 g/mol. The van der Waals surface area contributed by atoms with E-state index in [0.29, 0.717) is 6.04 Å². The molecule has 2 saturated heterocycles. The molecule has 0 aromatic heterocycles. The van der Waals surface area contributed by atoms with Gasteiger partial charge in [-0.3, -0.25) is 9.69 Å². The van der Waals surface area contributed by atoms with Gasteiger partial charge in [0, 0.05) is 51.0 Å². The zero-order valence-corrected chi connectivity index (χ0v) is 14.8. The molecule has 0 N–H and O–H groups in total. The van der Waals surface area contributed by atoms with Crippen LogP contribution in [0.2, 0.25) is 0 Å². The fourth-order valence-electron chi connectivity index (χ4n) is 3.87. The summed E-state index contributed by atoms with van der Waals surface area (Å²) >= 11 is 0. The number of carbonyl (C=O) groups excluding carboxylic acids is 1. The first kappa shape index (κ1) is 16.9. The maximum Gasteiger partial charge on any atom is 0.298 e. The van der Waals surface area contributed by atoms with Gasteiger partial charge in [-0.05, 0) is 44.2 Å². The lowest BCUT2D eigenvalue weighted by molar-refractivity contribution is -0.127. The quantitative estimate of drug-likeness (QED) is 0.780. The van der Waals surface area contributed by atoms with E-state index in [1.165, 1.54) is 17.7 Å². The molecule has 1 amide bonds. The lowest BCUT2D eigenvalue weighted by Gasteiger charge is -2.43. The predicted octanol–water partition coefficient (Wildman–Crippen LogP) is 2.13. The molecule has 24 heavy (non-hydrogen) atoms. The maximum atomic E-state index is 12.0. The molecule has 4 nitrogen and oxygen atoms in total. The van der Waals surface area contributed by atoms with E-state index in [-0.39, 0.29) is 5.91 Å². The molecule has 4 heteroatoms. The van der Waals surface area contributed by atoms with Gasteiger partial charge in [0.1, 0.15) is 0 Å². The monoisotopic (exact) mass is 325 g/mol. The lowest BCUT2D eigenvalue weighted by Crippen LogP contribution is -2.55. The number of hydrogen-bond donors (Lipinski definition) is 0. The second-order valence-electron chi connectivity index (χ2n) is 6.73. The van der Waals surface area contributed by atoms with Crippen molar-refractivity contribution in [2.24, 2.45) is 0 Å². The Morgan fingerprint density at radius 1 is 1.12 bits per heavy atom. The van der Waals surface area contributed by atoms with Crippen LogP contribution < -0.4 is 4.90 Å². The molecule has 0 saturated carbocycles. The van der Waals surface area contributed by atoms with Crippen LogP contribution in [0.3, 0.4) is 0 Å². The highest BCUT2D eigenvalue weighted by molar-refractivity contribution is 5.93. The van der Waals surface area contributed by atoms with Crippen molar-refractivity contribution in [3.05, 3.63) is 29.8 Å². The largest absolute Gasteiger partial charge is 0.369 e. The summed E-state index contributed by atoms with van der Waals surface area (Å²) in [5.41, 5.74) is 2.70. The molecular formula is C20H27N3O. The standard InChI is InChI=1S/C20H27N3O/c1-3-7-20(24)23-11-6-9-18(16-23)21-12-14-22(15-13-21)19-10-5-4-8-17(19)2/h4-5,8,10,18H,6,9,11-16H2,1-2H3/t18-/m1/s1. The van der Waals surface area contributed by atoms with Crippen LogP contribution in [0.25, 0.3) is 0 Å². The van der Waals surface area contributed by atoms with Gasteiger partial charge in [-0.1, -0.05) is 24.1 Å². The van der Waals surface area contributed by atoms with Gasteiger partial charge in [-0.2, -0.15) is 0 Å². The van der Waals surface area contributed by atoms with Crippen molar-refractivity contribution in [1.29, 1.82) is 0 Å². The van der Waals surface area contributed by atoms with E-state index in [9.17, 15) is 4.79 Å². The Hall–Kier alpha value is -1.99. The van der Waals surface area contributed by atoms with Gasteiger partial charge in [0.15, 0.2) is 0 Å². The number of hydrogen-bond acceptors (Lipinski definition) is 3. The van der Waals surface area contributed by atoms with Crippen molar-refractivity contribution < 1.29 is 4.79 Å². The number of benzene rings is 1. The van der Waals surface area contributed by atoms with Crippen LogP contribution in [0.5, 0.6) is 0 Å². The summed E-state index contributed by atoms with van der Waals surface area (Å²) in [5, 5.41) is 0. The first-order chi connectivity index (χ1) is 11.7. The van der Waals surface area contributed by atoms with E-state index in [1.54, 1.807) is 6.92 Å². The van der Waals surface area contributed by atoms with E-state index in [4.69, 9.17) is 0 Å². The number of carbonyl (C=O) groups is 1. The van der Waals surface area contributed by atoms with Gasteiger partial charge < -0.3 is 9.80 Å². The van der Waals surface area contributed by atoms with Gasteiger partial charge >= 0.3 is 0 Å². The van der Waals surface area contributed by atoms with Crippen LogP contribution in [0.1, 0.15) is 25.3 Å². The molecule has 2 aliphatic heterocycles. The Balaban J connectivity index is 1.57. The lowest BCUT2D eigenvalue weighted by atomic mass is 10.0. The molecule has 0 spiro atoms. The minimum atomic E-state index is -0.0132. The highest BCUT2D eigenvalue weighted by Gasteiger charge is 2.29. The van der Waals surface area contributed by atoms with Gasteiger partial charge in [-0.15, -0.1) is 0 Å². The summed E-state index contributed by atoms with van der Waals surface area (Å²) in [6, 6.07) is 9.10. The molecule has 2 heterocycles. The minimum Gasteiger partial charge on any atom is -0.369 e. The molecule has 1 atom stereocenters. The molecule has 128 valence electrons. The third kappa shape index (κ3) is 3.73. The molecule has 3 rings (SSSR count). The number of likely N-dealkylation sites (tertiary alicyclic amines) is 1. The van der Waals surface area contributed by atoms with E-state index in [1.807, 2.05) is 4.90 Å². The van der Waals surface area contributed by atoms with Crippen LogP contribution >= 0.6 is 0 Å². The summed E-state index contributed by atoms with van der Waals surface area (Å²) in [6.07, 6.45) is 2.27. The van der Waals surface area contributed by atoms with Crippen LogP contribution in [-0.2, 0) is 4.79 Å². The van der Waals surface area contributed by atoms with Gasteiger partial charge in [0.25, 0.3) is 5.91 Å². The summed E-state index contributed by atoms with van der Waals surface area (Å²) in [7, 11) is 0. The molecule has 0 unspecified atom stereocenters. The third-order valence-electron chi connectivity index (χ3n) is 5.20. The van der Waals surface area contributed by atoms with Gasteiger partial charge in [0.05, 0.1) is 0 Å². The van der Waals surface area contributed by atoms with Crippen LogP contribution in [0.4, 0.5) is 5.69 Å². The predicted molar refractivity (Wildman–Crippen MR) is 98.0 cm³/mol. The topological polar surface area (TPSA) is 26.8 Å². The minimum absolute atomic E-state index is 0.0132. The molecule has 1 aromatic rings. The Morgan fingerprint density at radius 2 is 1.88 bits per heavy atom. The van der Waals surface area contributed by atoms with Crippen molar-refractivity contribution in [3.63, 3.8) is 0 Å². The fourth-order valence-corrected chi connectivity index (χ4v) is 3.87. The number of amides is 1. The Kier molecular flexibility index (Phi) is 5.42. The molecule has 2 fully saturated rings. The average Bonchev–Trinajstić information content (AvgIpc) is 2.63. The Morgan fingerprint density at radius 3 is 2.58 bits per heavy atom. The normalized spacial score (nSPS) is 22.0. The number of anilines is 1. The van der Waals surface area contributed by atoms with Crippen LogP contribution in [0, 0.1) is 18.8 Å². The highest BCUT2D eigenvalue weighted by atomic mass is 16.2. The van der Waals surface area contributed by atoms with Crippen LogP contribution in [0.15, 0.2) is 24.3 Å². The number of piperidine rings is 1. The van der Waals surface area contributed by atoms with E-state index in [2.05, 4.69) is 52.8 Å². The number of aryl methyl sites for hydroxylation is 1. The van der Waals surface area contributed by atoms with E-state index >= 15 is 0 Å². The summed E-state index contributed by atoms with van der Waals surface area (Å²) < 4.78 is 0. The summed E-state index contributed by atoms with van der Waals surface area (Å²) in [6.45, 7) is 9.85. The second-order valence-corrected chi connectivity index (χ2v) is 6.73. The molecular weight excluding hydrogens is 298 g/mol. The number of piperazine rings is 1. The molecule has 0 bridgehead atoms. The zero-order chi connectivity index (χ0) is 16.9. The van der Waals surface area contributed by atoms with E-state index in [0.717, 1.165) is 45.7 Å². The Bertz CT molecular complexity index is 638. The van der Waals surface area contributed by atoms with Crippen molar-refractivity contribution in [3.8, 4) is 11.8 Å². The van der Waals surface area contributed by atoms with Gasteiger partial charge in [0.2, 0.25) is 0 Å². The highest BCUT2D eigenvalue weighted by Crippen LogP contribution is 2.23. The number of nitrogens with zero attached hydrogens (tertiary/aromatic N) is 3. The molecule has 0 aliphatic carbocycles. The maximum absolute atomic E-state index is 12.0. The smallest absolute Gasteiger partial charge is 0.298 e. The summed E-state index contributed by atoms with van der Waals surface area (Å²) in [5.74, 6) is 5.40. The van der Waals surface area contributed by atoms with Crippen molar-refractivity contribution >= 4 is 11.6 Å². The molecule has 2 aliphatic rings. The Labute approximate surface area is 145 Å². The second kappa shape index (κ2) is 7.72. The SMILES string of the molecule is CC#CC(=O)N1CCC[C@@H](N2CCN(c3ccccc3C)CC2)C1. The molecule has 1 aromatic carbocycles. The van der Waals surface area contributed by atoms with Crippen molar-refractivity contribution in [2.45, 2.75) is 32.7 Å². The van der Waals surface area contributed by atoms with Gasteiger partial charge in [-0.25, -0.2) is 0 Å². The first-order valence-corrected chi connectivity index (χ1v) is 8.95. The fraction of sp³-hybridized carbons (Fsp3) is 0.550. The number of para-hydroxylation sites is 1. The van der Waals surface area contributed by atoms with Crippen LogP contribution in [-0.4, -0.2) is 61.0 Å². The summed E-state index contributed by atoms with van der Waals surface area (Å²) in [4.78, 5) is 19.0. The van der Waals surface area contributed by atoms with E-state index < -0.39 is 0 Å². The molecule has 0 radical (unpaired) electrons. The number of rotatable bonds is 2. The van der Waals surface area contributed by atoms with Crippen molar-refractivity contribution in [1.82, 2.24) is 9.80 Å². The first-order valence-electron chi connectivity index (χ1n) is 8.95. The third-order valence-corrected chi connectivity index (χ3v) is 5.20. The van der Waals surface area contributed by atoms with Crippen molar-refractivity contribution in [2.75, 3.05) is 44.2 Å².